The number of halogens is 1. The van der Waals surface area contributed by atoms with Gasteiger partial charge in [0, 0.05) is 16.3 Å². The van der Waals surface area contributed by atoms with E-state index in [0.717, 1.165) is 16.8 Å². The first-order chi connectivity index (χ1) is 8.86. The summed E-state index contributed by atoms with van der Waals surface area (Å²) < 4.78 is 4.90. The molecule has 1 aromatic rings. The van der Waals surface area contributed by atoms with Crippen molar-refractivity contribution in [3.05, 3.63) is 40.4 Å². The second-order valence-electron chi connectivity index (χ2n) is 5.00. The molecule has 0 fully saturated rings. The van der Waals surface area contributed by atoms with Gasteiger partial charge in [0.1, 0.15) is 0 Å². The number of ether oxygens (including phenoxy) is 1. The lowest BCUT2D eigenvalue weighted by atomic mass is 9.89. The Morgan fingerprint density at radius 2 is 1.84 bits per heavy atom. The van der Waals surface area contributed by atoms with E-state index in [2.05, 4.69) is 4.99 Å². The molecule has 0 bridgehead atoms. The largest absolute Gasteiger partial charge is 0.466 e. The molecule has 0 aliphatic carbocycles. The standard InChI is InChI=1S/C15H16ClNO2/c1-9-12(10-5-7-11(16)8-6-10)13(14(18)19-4)15(2,3)17-9/h5-8H,1-4H3. The summed E-state index contributed by atoms with van der Waals surface area (Å²) in [5, 5.41) is 0.663. The Kier molecular flexibility index (Phi) is 3.50. The lowest BCUT2D eigenvalue weighted by Crippen LogP contribution is -2.24. The first-order valence-electron chi connectivity index (χ1n) is 6.02. The topological polar surface area (TPSA) is 38.7 Å². The van der Waals surface area contributed by atoms with E-state index < -0.39 is 5.54 Å². The van der Waals surface area contributed by atoms with Crippen molar-refractivity contribution in [2.75, 3.05) is 7.11 Å². The molecule has 0 N–H and O–H groups in total. The molecular formula is C15H16ClNO2. The Bertz CT molecular complexity index is 583. The highest BCUT2D eigenvalue weighted by molar-refractivity contribution is 6.32. The normalized spacial score (nSPS) is 17.4. The zero-order valence-corrected chi connectivity index (χ0v) is 12.2. The lowest BCUT2D eigenvalue weighted by molar-refractivity contribution is -0.136. The third-order valence-corrected chi connectivity index (χ3v) is 3.45. The maximum Gasteiger partial charge on any atom is 0.336 e. The van der Waals surface area contributed by atoms with Crippen molar-refractivity contribution >= 4 is 28.9 Å². The number of rotatable bonds is 2. The van der Waals surface area contributed by atoms with Crippen molar-refractivity contribution < 1.29 is 9.53 Å². The van der Waals surface area contributed by atoms with Crippen LogP contribution >= 0.6 is 11.6 Å². The third-order valence-electron chi connectivity index (χ3n) is 3.19. The van der Waals surface area contributed by atoms with Crippen molar-refractivity contribution in [3.63, 3.8) is 0 Å². The molecule has 19 heavy (non-hydrogen) atoms. The van der Waals surface area contributed by atoms with E-state index in [0.29, 0.717) is 10.6 Å². The van der Waals surface area contributed by atoms with Gasteiger partial charge in [-0.05, 0) is 38.5 Å². The van der Waals surface area contributed by atoms with Crippen molar-refractivity contribution in [2.24, 2.45) is 4.99 Å². The van der Waals surface area contributed by atoms with Gasteiger partial charge in [-0.3, -0.25) is 4.99 Å². The third kappa shape index (κ3) is 2.43. The second kappa shape index (κ2) is 4.82. The molecule has 1 heterocycles. The smallest absolute Gasteiger partial charge is 0.336 e. The minimum absolute atomic E-state index is 0.337. The zero-order chi connectivity index (χ0) is 14.2. The van der Waals surface area contributed by atoms with Crippen LogP contribution in [0.2, 0.25) is 5.02 Å². The van der Waals surface area contributed by atoms with Crippen LogP contribution < -0.4 is 0 Å². The summed E-state index contributed by atoms with van der Waals surface area (Å²) in [5.74, 6) is -0.337. The van der Waals surface area contributed by atoms with Crippen LogP contribution in [0.1, 0.15) is 26.3 Å². The molecular weight excluding hydrogens is 262 g/mol. The molecule has 0 radical (unpaired) electrons. The summed E-state index contributed by atoms with van der Waals surface area (Å²) in [6, 6.07) is 7.39. The Morgan fingerprint density at radius 1 is 1.26 bits per heavy atom. The monoisotopic (exact) mass is 277 g/mol. The van der Waals surface area contributed by atoms with E-state index in [1.54, 1.807) is 12.1 Å². The highest BCUT2D eigenvalue weighted by Crippen LogP contribution is 2.37. The quantitative estimate of drug-likeness (QED) is 0.776. The van der Waals surface area contributed by atoms with Crippen molar-refractivity contribution in [2.45, 2.75) is 26.3 Å². The number of benzene rings is 1. The van der Waals surface area contributed by atoms with Crippen LogP contribution in [0.25, 0.3) is 5.57 Å². The van der Waals surface area contributed by atoms with Gasteiger partial charge in [0.15, 0.2) is 0 Å². The molecule has 1 aliphatic rings. The highest BCUT2D eigenvalue weighted by Gasteiger charge is 2.38. The molecule has 3 nitrogen and oxygen atoms in total. The van der Waals surface area contributed by atoms with Gasteiger partial charge in [-0.25, -0.2) is 4.79 Å². The summed E-state index contributed by atoms with van der Waals surface area (Å²) in [7, 11) is 1.39. The van der Waals surface area contributed by atoms with Crippen LogP contribution in [0.15, 0.2) is 34.8 Å². The Balaban J connectivity index is 2.64. The SMILES string of the molecule is COC(=O)C1=C(c2ccc(Cl)cc2)C(C)=NC1(C)C. The van der Waals surface area contributed by atoms with E-state index in [1.807, 2.05) is 32.9 Å². The fraction of sp³-hybridized carbons (Fsp3) is 0.333. The number of carbonyl (C=O) groups excluding carboxylic acids is 1. The Hall–Kier alpha value is -1.61. The minimum atomic E-state index is -0.563. The second-order valence-corrected chi connectivity index (χ2v) is 5.44. The first kappa shape index (κ1) is 13.8. The average Bonchev–Trinajstić information content (AvgIpc) is 2.59. The molecule has 100 valence electrons. The van der Waals surface area contributed by atoms with E-state index >= 15 is 0 Å². The predicted molar refractivity (Wildman–Crippen MR) is 77.6 cm³/mol. The van der Waals surface area contributed by atoms with Crippen LogP contribution in [0.5, 0.6) is 0 Å². The molecule has 2 rings (SSSR count). The van der Waals surface area contributed by atoms with Gasteiger partial charge in [-0.2, -0.15) is 0 Å². The number of hydrogen-bond donors (Lipinski definition) is 0. The summed E-state index contributed by atoms with van der Waals surface area (Å²) >= 11 is 5.90. The molecule has 0 aromatic heterocycles. The summed E-state index contributed by atoms with van der Waals surface area (Å²) in [6.07, 6.45) is 0. The van der Waals surface area contributed by atoms with Gasteiger partial charge in [0.25, 0.3) is 0 Å². The first-order valence-corrected chi connectivity index (χ1v) is 6.40. The molecule has 0 saturated heterocycles. The Labute approximate surface area is 117 Å². The molecule has 0 saturated carbocycles. The summed E-state index contributed by atoms with van der Waals surface area (Å²) in [4.78, 5) is 16.6. The fourth-order valence-corrected chi connectivity index (χ4v) is 2.57. The summed E-state index contributed by atoms with van der Waals surface area (Å²) in [6.45, 7) is 5.72. The Morgan fingerprint density at radius 3 is 2.37 bits per heavy atom. The zero-order valence-electron chi connectivity index (χ0n) is 11.5. The minimum Gasteiger partial charge on any atom is -0.466 e. The number of esters is 1. The van der Waals surface area contributed by atoms with E-state index in [4.69, 9.17) is 16.3 Å². The summed E-state index contributed by atoms with van der Waals surface area (Å²) in [5.41, 5.74) is 2.64. The molecule has 4 heteroatoms. The number of methoxy groups -OCH3 is 1. The molecule has 0 atom stereocenters. The van der Waals surface area contributed by atoms with Crippen LogP contribution in [-0.4, -0.2) is 24.3 Å². The van der Waals surface area contributed by atoms with Crippen LogP contribution in [0.3, 0.4) is 0 Å². The van der Waals surface area contributed by atoms with Gasteiger partial charge in [0.2, 0.25) is 0 Å². The van der Waals surface area contributed by atoms with E-state index in [9.17, 15) is 4.79 Å². The van der Waals surface area contributed by atoms with Gasteiger partial charge in [0.05, 0.1) is 18.2 Å². The van der Waals surface area contributed by atoms with Crippen molar-refractivity contribution in [1.82, 2.24) is 0 Å². The molecule has 0 amide bonds. The van der Waals surface area contributed by atoms with Crippen molar-refractivity contribution in [1.29, 1.82) is 0 Å². The highest BCUT2D eigenvalue weighted by atomic mass is 35.5. The van der Waals surface area contributed by atoms with Crippen molar-refractivity contribution in [3.8, 4) is 0 Å². The maximum atomic E-state index is 12.0. The van der Waals surface area contributed by atoms with E-state index in [1.165, 1.54) is 7.11 Å². The molecule has 0 unspecified atom stereocenters. The van der Waals surface area contributed by atoms with Gasteiger partial charge in [-0.1, -0.05) is 23.7 Å². The average molecular weight is 278 g/mol. The fourth-order valence-electron chi connectivity index (χ4n) is 2.44. The number of carbonyl (C=O) groups is 1. The number of allylic oxidation sites excluding steroid dienone is 1. The number of nitrogens with zero attached hydrogens (tertiary/aromatic N) is 1. The van der Waals surface area contributed by atoms with E-state index in [-0.39, 0.29) is 5.97 Å². The van der Waals surface area contributed by atoms with Crippen LogP contribution in [0, 0.1) is 0 Å². The number of hydrogen-bond acceptors (Lipinski definition) is 3. The van der Waals surface area contributed by atoms with Gasteiger partial charge >= 0.3 is 5.97 Å². The van der Waals surface area contributed by atoms with Gasteiger partial charge < -0.3 is 4.74 Å². The molecule has 0 spiro atoms. The van der Waals surface area contributed by atoms with Crippen LogP contribution in [0.4, 0.5) is 0 Å². The van der Waals surface area contributed by atoms with Crippen LogP contribution in [-0.2, 0) is 9.53 Å². The number of aliphatic imine (C=N–C) groups is 1. The maximum absolute atomic E-state index is 12.0. The molecule has 1 aromatic carbocycles. The predicted octanol–water partition coefficient (Wildman–Crippen LogP) is 3.52. The van der Waals surface area contributed by atoms with Gasteiger partial charge in [-0.15, -0.1) is 0 Å². The molecule has 1 aliphatic heterocycles. The lowest BCUT2D eigenvalue weighted by Gasteiger charge is -2.18.